The van der Waals surface area contributed by atoms with E-state index in [2.05, 4.69) is 0 Å². The second-order valence-corrected chi connectivity index (χ2v) is 17.1. The van der Waals surface area contributed by atoms with Gasteiger partial charge >= 0.3 is 29.8 Å². The van der Waals surface area contributed by atoms with Gasteiger partial charge in [0.2, 0.25) is 5.79 Å². The average Bonchev–Trinajstić information content (AvgIpc) is 3.80. The quantitative estimate of drug-likeness (QED) is 0.0830. The number of hydrogen-bond acceptors (Lipinski definition) is 16. The average molecular weight is 931 g/mol. The maximum Gasteiger partial charge on any atom is 0.338 e. The van der Waals surface area contributed by atoms with Crippen molar-refractivity contribution in [2.75, 3.05) is 13.2 Å². The van der Waals surface area contributed by atoms with Crippen LogP contribution in [0.1, 0.15) is 79.5 Å². The van der Waals surface area contributed by atoms with Crippen LogP contribution >= 0.6 is 0 Å². The number of carbonyl (C=O) groups excluding carboxylic acids is 5. The van der Waals surface area contributed by atoms with Gasteiger partial charge in [0, 0.05) is 0 Å². The molecule has 3 aliphatic heterocycles. The van der Waals surface area contributed by atoms with Crippen LogP contribution in [0.3, 0.4) is 0 Å². The summed E-state index contributed by atoms with van der Waals surface area (Å²) in [5, 5.41) is 13.2. The molecule has 5 aromatic rings. The summed E-state index contributed by atoms with van der Waals surface area (Å²) in [7, 11) is 0. The zero-order valence-corrected chi connectivity index (χ0v) is 37.5. The number of carbonyl (C=O) groups is 5. The number of hydrogen-bond donors (Lipinski definition) is 1. The lowest BCUT2D eigenvalue weighted by Crippen LogP contribution is -2.64. The normalized spacial score (nSPS) is 23.2. The van der Waals surface area contributed by atoms with Crippen LogP contribution in [0.5, 0.6) is 0 Å². The summed E-state index contributed by atoms with van der Waals surface area (Å²) >= 11 is 0. The molecule has 0 radical (unpaired) electrons. The standard InChI is InChI=1S/C52H50O16/c1-50(2)60-31-38-40(66-50)44-52(65-38,68-51(3,4)67-44)43(53)42(64-49(58)36-28-18-9-19-29-36)41(63-48(57)35-26-16-8-17-27-35)39(62-47(56)34-24-14-7-15-25-34)37(61-46(55)33-22-12-6-13-23-33)30-59-45(54)32-20-10-5-11-21-32/h5-29,37-44,53H,30-31H2,1-4H3/t37-,38+,39-,40-,41+,42+,43-,44+,52+/m1/s1. The van der Waals surface area contributed by atoms with Gasteiger partial charge in [0.05, 0.1) is 34.4 Å². The van der Waals surface area contributed by atoms with Gasteiger partial charge in [-0.1, -0.05) is 91.0 Å². The lowest BCUT2D eigenvalue weighted by molar-refractivity contribution is -0.342. The minimum atomic E-state index is -2.29. The van der Waals surface area contributed by atoms with Crippen LogP contribution < -0.4 is 0 Å². The zero-order valence-electron chi connectivity index (χ0n) is 37.5. The molecule has 1 N–H and O–H groups in total. The lowest BCUT2D eigenvalue weighted by atomic mass is 9.90. The fourth-order valence-corrected chi connectivity index (χ4v) is 8.25. The van der Waals surface area contributed by atoms with Gasteiger partial charge in [-0.25, -0.2) is 24.0 Å². The van der Waals surface area contributed by atoms with Gasteiger partial charge in [0.1, 0.15) is 24.9 Å². The van der Waals surface area contributed by atoms with Crippen LogP contribution in [0.15, 0.2) is 152 Å². The van der Waals surface area contributed by atoms with E-state index < -0.39 is 103 Å². The van der Waals surface area contributed by atoms with Gasteiger partial charge in [0.15, 0.2) is 42.1 Å². The summed E-state index contributed by atoms with van der Waals surface area (Å²) < 4.78 is 62.6. The van der Waals surface area contributed by atoms with Crippen molar-refractivity contribution < 1.29 is 76.4 Å². The number of ether oxygens (including phenoxy) is 10. The molecule has 0 bridgehead atoms. The summed E-state index contributed by atoms with van der Waals surface area (Å²) in [6.07, 6.45) is -13.6. The highest BCUT2D eigenvalue weighted by Crippen LogP contribution is 2.52. The van der Waals surface area contributed by atoms with Crippen LogP contribution in [0.2, 0.25) is 0 Å². The van der Waals surface area contributed by atoms with E-state index in [9.17, 15) is 29.1 Å². The van der Waals surface area contributed by atoms with Crippen molar-refractivity contribution in [3.63, 3.8) is 0 Å². The van der Waals surface area contributed by atoms with Crippen molar-refractivity contribution in [3.8, 4) is 0 Å². The van der Waals surface area contributed by atoms with E-state index in [4.69, 9.17) is 47.4 Å². The molecule has 9 atom stereocenters. The van der Waals surface area contributed by atoms with E-state index in [1.54, 1.807) is 119 Å². The van der Waals surface area contributed by atoms with Gasteiger partial charge in [-0.15, -0.1) is 0 Å². The Morgan fingerprint density at radius 1 is 0.515 bits per heavy atom. The second-order valence-electron chi connectivity index (χ2n) is 17.1. The molecule has 16 heteroatoms. The Kier molecular flexibility index (Phi) is 14.2. The molecule has 0 aliphatic carbocycles. The summed E-state index contributed by atoms with van der Waals surface area (Å²) in [4.78, 5) is 71.3. The third-order valence-electron chi connectivity index (χ3n) is 11.4. The van der Waals surface area contributed by atoms with E-state index in [0.717, 1.165) is 0 Å². The van der Waals surface area contributed by atoms with Crippen molar-refractivity contribution in [1.82, 2.24) is 0 Å². The van der Waals surface area contributed by atoms with E-state index in [0.29, 0.717) is 0 Å². The Labute approximate surface area is 391 Å². The molecule has 8 rings (SSSR count). The monoisotopic (exact) mass is 930 g/mol. The van der Waals surface area contributed by atoms with Gasteiger partial charge in [-0.3, -0.25) is 0 Å². The van der Waals surface area contributed by atoms with E-state index in [1.165, 1.54) is 60.7 Å². The molecule has 0 aromatic heterocycles. The third kappa shape index (κ3) is 10.7. The van der Waals surface area contributed by atoms with Gasteiger partial charge in [-0.2, -0.15) is 0 Å². The van der Waals surface area contributed by atoms with Gasteiger partial charge < -0.3 is 52.5 Å². The first-order valence-electron chi connectivity index (χ1n) is 21.9. The highest BCUT2D eigenvalue weighted by molar-refractivity contribution is 5.92. The highest BCUT2D eigenvalue weighted by atomic mass is 16.9. The number of rotatable bonds is 16. The van der Waals surface area contributed by atoms with Gasteiger partial charge in [-0.05, 0) is 88.4 Å². The van der Waals surface area contributed by atoms with Crippen molar-refractivity contribution in [1.29, 1.82) is 0 Å². The first-order valence-corrected chi connectivity index (χ1v) is 21.9. The molecule has 3 aliphatic rings. The van der Waals surface area contributed by atoms with Crippen LogP contribution in [-0.4, -0.2) is 114 Å². The highest BCUT2D eigenvalue weighted by Gasteiger charge is 2.72. The van der Waals surface area contributed by atoms with Crippen LogP contribution in [0, 0.1) is 0 Å². The van der Waals surface area contributed by atoms with Gasteiger partial charge in [0.25, 0.3) is 0 Å². The van der Waals surface area contributed by atoms with Crippen molar-refractivity contribution in [2.24, 2.45) is 0 Å². The maximum absolute atomic E-state index is 14.5. The van der Waals surface area contributed by atoms with Crippen molar-refractivity contribution in [3.05, 3.63) is 179 Å². The zero-order chi connectivity index (χ0) is 48.1. The number of aliphatic hydroxyl groups is 1. The summed E-state index contributed by atoms with van der Waals surface area (Å²) in [5.41, 5.74) is 0.134. The summed E-state index contributed by atoms with van der Waals surface area (Å²) in [5.74, 6) is -9.89. The van der Waals surface area contributed by atoms with E-state index in [-0.39, 0.29) is 34.4 Å². The number of esters is 5. The smallest absolute Gasteiger partial charge is 0.338 e. The Balaban J connectivity index is 1.31. The third-order valence-corrected chi connectivity index (χ3v) is 11.4. The Morgan fingerprint density at radius 3 is 1.37 bits per heavy atom. The molecule has 0 unspecified atom stereocenters. The van der Waals surface area contributed by atoms with Crippen LogP contribution in [0.4, 0.5) is 0 Å². The fraction of sp³-hybridized carbons (Fsp3) is 0.327. The largest absolute Gasteiger partial charge is 0.458 e. The molecule has 354 valence electrons. The van der Waals surface area contributed by atoms with E-state index >= 15 is 0 Å². The Morgan fingerprint density at radius 2 is 0.912 bits per heavy atom. The van der Waals surface area contributed by atoms with Crippen molar-refractivity contribution in [2.45, 2.75) is 93.9 Å². The molecule has 3 heterocycles. The molecule has 68 heavy (non-hydrogen) atoms. The molecule has 5 aromatic carbocycles. The second kappa shape index (κ2) is 20.2. The minimum Gasteiger partial charge on any atom is -0.458 e. The molecule has 3 saturated heterocycles. The minimum absolute atomic E-state index is 0.00280. The molecule has 0 saturated carbocycles. The lowest BCUT2D eigenvalue weighted by Gasteiger charge is -2.41. The fourth-order valence-electron chi connectivity index (χ4n) is 8.25. The molecule has 16 nitrogen and oxygen atoms in total. The molecule has 0 amide bonds. The predicted molar refractivity (Wildman–Crippen MR) is 238 cm³/mol. The Bertz CT molecular complexity index is 2540. The summed E-state index contributed by atoms with van der Waals surface area (Å²) in [6.45, 7) is 5.65. The Hall–Kier alpha value is -6.79. The maximum atomic E-state index is 14.5. The number of benzene rings is 5. The first kappa shape index (κ1) is 47.7. The molecule has 0 spiro atoms. The number of aliphatic hydroxyl groups excluding tert-OH is 1. The van der Waals surface area contributed by atoms with E-state index in [1.807, 2.05) is 0 Å². The topological polar surface area (TPSA) is 198 Å². The van der Waals surface area contributed by atoms with Crippen molar-refractivity contribution >= 4 is 29.8 Å². The molecule has 3 fully saturated rings. The first-order chi connectivity index (χ1) is 32.6. The van der Waals surface area contributed by atoms with Crippen LogP contribution in [-0.2, 0) is 47.4 Å². The summed E-state index contributed by atoms with van der Waals surface area (Å²) in [6, 6.07) is 38.8. The number of fused-ring (bicyclic) bond motifs is 3. The van der Waals surface area contributed by atoms with Crippen LogP contribution in [0.25, 0.3) is 0 Å². The predicted octanol–water partition coefficient (Wildman–Crippen LogP) is 6.50. The molecular weight excluding hydrogens is 881 g/mol. The molecular formula is C52H50O16. The SMILES string of the molecule is CC1(C)OC[C@@H]2O[C@@]3([C@H](O)[C@@H](OC(=O)c4ccccc4)[C@@H](OC(=O)c4ccccc4)[C@H](OC(=O)c4ccccc4)[C@@H](COC(=O)c4ccccc4)OC(=O)c4ccccc4)OC(C)(C)O[C@H]3[C@@H]2O1.